The number of aromatic nitrogens is 2. The molecule has 13 heavy (non-hydrogen) atoms. The van der Waals surface area contributed by atoms with Crippen LogP contribution in [0.25, 0.3) is 0 Å². The van der Waals surface area contributed by atoms with E-state index in [0.717, 1.165) is 0 Å². The second kappa shape index (κ2) is 4.36. The zero-order valence-electron chi connectivity index (χ0n) is 6.42. The fraction of sp³-hybridized carbons (Fsp3) is 0.167. The van der Waals surface area contributed by atoms with Crippen LogP contribution in [-0.4, -0.2) is 16.1 Å². The third-order valence-corrected chi connectivity index (χ3v) is 1.81. The highest BCUT2D eigenvalue weighted by Crippen LogP contribution is 2.15. The van der Waals surface area contributed by atoms with Gasteiger partial charge in [0.1, 0.15) is 0 Å². The van der Waals surface area contributed by atoms with Crippen LogP contribution in [0.15, 0.2) is 6.07 Å². The maximum absolute atomic E-state index is 10.9. The molecule has 5 nitrogen and oxygen atoms in total. The van der Waals surface area contributed by atoms with Gasteiger partial charge in [0.05, 0.1) is 6.42 Å². The summed E-state index contributed by atoms with van der Waals surface area (Å²) in [6.45, 7) is 0. The van der Waals surface area contributed by atoms with Crippen molar-refractivity contribution < 1.29 is 4.79 Å². The number of nitrogens with two attached hydrogens (primary N) is 1. The fourth-order valence-electron chi connectivity index (χ4n) is 0.736. The van der Waals surface area contributed by atoms with E-state index in [1.807, 2.05) is 5.43 Å². The first-order valence-corrected chi connectivity index (χ1v) is 4.06. The van der Waals surface area contributed by atoms with E-state index in [9.17, 15) is 4.79 Å². The largest absolute Gasteiger partial charge is 0.294 e. The highest BCUT2D eigenvalue weighted by Gasteiger charge is 2.08. The van der Waals surface area contributed by atoms with Crippen molar-refractivity contribution in [1.29, 1.82) is 0 Å². The Morgan fingerprint density at radius 2 is 2.23 bits per heavy atom. The van der Waals surface area contributed by atoms with Gasteiger partial charge in [-0.25, -0.2) is 5.84 Å². The van der Waals surface area contributed by atoms with Gasteiger partial charge in [0.15, 0.2) is 10.3 Å². The predicted octanol–water partition coefficient (Wildman–Crippen LogP) is 0.316. The van der Waals surface area contributed by atoms with Gasteiger partial charge in [0.2, 0.25) is 5.91 Å². The van der Waals surface area contributed by atoms with Crippen molar-refractivity contribution in [2.24, 2.45) is 5.84 Å². The topological polar surface area (TPSA) is 80.9 Å². The molecular weight excluding hydrogens is 215 g/mol. The average molecular weight is 221 g/mol. The molecule has 0 aliphatic carbocycles. The second-order valence-corrected chi connectivity index (χ2v) is 2.97. The number of hydrogen-bond acceptors (Lipinski definition) is 4. The Morgan fingerprint density at radius 1 is 1.54 bits per heavy atom. The van der Waals surface area contributed by atoms with Gasteiger partial charge < -0.3 is 0 Å². The van der Waals surface area contributed by atoms with Crippen LogP contribution in [0.2, 0.25) is 10.3 Å². The number of carbonyl (C=O) groups is 1. The molecule has 0 saturated heterocycles. The molecule has 3 N–H and O–H groups in total. The summed E-state index contributed by atoms with van der Waals surface area (Å²) in [5.41, 5.74) is 2.46. The van der Waals surface area contributed by atoms with Crippen LogP contribution in [0.5, 0.6) is 0 Å². The van der Waals surface area contributed by atoms with Crippen LogP contribution in [0.1, 0.15) is 5.56 Å². The molecule has 1 amide bonds. The Balaban J connectivity index is 2.87. The normalized spacial score (nSPS) is 9.77. The first-order chi connectivity index (χ1) is 6.13. The lowest BCUT2D eigenvalue weighted by Crippen LogP contribution is -2.31. The zero-order valence-corrected chi connectivity index (χ0v) is 7.93. The Kier molecular flexibility index (Phi) is 3.41. The summed E-state index contributed by atoms with van der Waals surface area (Å²) in [7, 11) is 0. The smallest absolute Gasteiger partial charge is 0.238 e. The van der Waals surface area contributed by atoms with E-state index in [4.69, 9.17) is 29.0 Å². The van der Waals surface area contributed by atoms with Crippen molar-refractivity contribution in [3.63, 3.8) is 0 Å². The molecule has 1 aromatic rings. The summed E-state index contributed by atoms with van der Waals surface area (Å²) >= 11 is 11.2. The van der Waals surface area contributed by atoms with Crippen LogP contribution in [0, 0.1) is 0 Å². The quantitative estimate of drug-likeness (QED) is 0.428. The molecular formula is C6H6Cl2N4O. The number of nitrogens with zero attached hydrogens (tertiary/aromatic N) is 2. The number of hydrogen-bond donors (Lipinski definition) is 2. The van der Waals surface area contributed by atoms with Gasteiger partial charge in [-0.3, -0.25) is 10.2 Å². The van der Waals surface area contributed by atoms with E-state index in [2.05, 4.69) is 10.2 Å². The Bertz CT molecular complexity index is 330. The lowest BCUT2D eigenvalue weighted by molar-refractivity contribution is -0.120. The number of nitrogens with one attached hydrogen (secondary N) is 1. The molecule has 0 bridgehead atoms. The lowest BCUT2D eigenvalue weighted by Gasteiger charge is -2.01. The predicted molar refractivity (Wildman–Crippen MR) is 48.1 cm³/mol. The summed E-state index contributed by atoms with van der Waals surface area (Å²) < 4.78 is 0. The third-order valence-electron chi connectivity index (χ3n) is 1.30. The Labute approximate surface area is 84.2 Å². The first kappa shape index (κ1) is 10.2. The fourth-order valence-corrected chi connectivity index (χ4v) is 1.06. The minimum absolute atomic E-state index is 0.0323. The van der Waals surface area contributed by atoms with Crippen LogP contribution in [-0.2, 0) is 11.2 Å². The molecule has 0 radical (unpaired) electrons. The second-order valence-electron chi connectivity index (χ2n) is 2.23. The summed E-state index contributed by atoms with van der Waals surface area (Å²) in [6, 6.07) is 1.46. The van der Waals surface area contributed by atoms with Crippen molar-refractivity contribution in [3.8, 4) is 0 Å². The highest BCUT2D eigenvalue weighted by atomic mass is 35.5. The summed E-state index contributed by atoms with van der Waals surface area (Å²) in [5, 5.41) is 7.35. The van der Waals surface area contributed by atoms with Crippen molar-refractivity contribution in [2.75, 3.05) is 0 Å². The number of amides is 1. The summed E-state index contributed by atoms with van der Waals surface area (Å²) in [5.74, 6) is 4.53. The minimum Gasteiger partial charge on any atom is -0.294 e. The molecule has 0 atom stereocenters. The van der Waals surface area contributed by atoms with E-state index < -0.39 is 0 Å². The van der Waals surface area contributed by atoms with Gasteiger partial charge in [-0.1, -0.05) is 23.2 Å². The molecule has 1 aromatic heterocycles. The lowest BCUT2D eigenvalue weighted by atomic mass is 10.2. The van der Waals surface area contributed by atoms with Crippen LogP contribution >= 0.6 is 23.2 Å². The van der Waals surface area contributed by atoms with Crippen molar-refractivity contribution in [1.82, 2.24) is 15.6 Å². The van der Waals surface area contributed by atoms with Crippen molar-refractivity contribution >= 4 is 29.1 Å². The van der Waals surface area contributed by atoms with E-state index in [1.165, 1.54) is 6.07 Å². The molecule has 0 spiro atoms. The zero-order chi connectivity index (χ0) is 9.84. The maximum atomic E-state index is 10.9. The monoisotopic (exact) mass is 220 g/mol. The van der Waals surface area contributed by atoms with E-state index in [1.54, 1.807) is 0 Å². The van der Waals surface area contributed by atoms with E-state index in [0.29, 0.717) is 5.56 Å². The van der Waals surface area contributed by atoms with Gasteiger partial charge in [-0.2, -0.15) is 0 Å². The highest BCUT2D eigenvalue weighted by molar-refractivity contribution is 6.31. The molecule has 0 aliphatic rings. The van der Waals surface area contributed by atoms with Crippen LogP contribution < -0.4 is 11.3 Å². The van der Waals surface area contributed by atoms with E-state index >= 15 is 0 Å². The average Bonchev–Trinajstić information content (AvgIpc) is 2.11. The number of carbonyl (C=O) groups excluding carboxylic acids is 1. The van der Waals surface area contributed by atoms with Gasteiger partial charge in [-0.05, 0) is 6.07 Å². The van der Waals surface area contributed by atoms with Gasteiger partial charge in [0, 0.05) is 5.56 Å². The van der Waals surface area contributed by atoms with Crippen molar-refractivity contribution in [2.45, 2.75) is 6.42 Å². The molecule has 7 heteroatoms. The molecule has 1 heterocycles. The Morgan fingerprint density at radius 3 is 2.85 bits per heavy atom. The summed E-state index contributed by atoms with van der Waals surface area (Å²) in [4.78, 5) is 10.9. The van der Waals surface area contributed by atoms with Crippen LogP contribution in [0.3, 0.4) is 0 Å². The maximum Gasteiger partial charge on any atom is 0.238 e. The molecule has 70 valence electrons. The minimum atomic E-state index is -0.369. The third kappa shape index (κ3) is 2.80. The molecule has 0 saturated carbocycles. The molecule has 0 fully saturated rings. The van der Waals surface area contributed by atoms with Gasteiger partial charge in [0.25, 0.3) is 0 Å². The molecule has 0 aliphatic heterocycles. The number of rotatable bonds is 2. The van der Waals surface area contributed by atoms with Gasteiger partial charge in [-0.15, -0.1) is 10.2 Å². The molecule has 0 unspecified atom stereocenters. The van der Waals surface area contributed by atoms with Crippen molar-refractivity contribution in [3.05, 3.63) is 21.9 Å². The number of halogens is 2. The first-order valence-electron chi connectivity index (χ1n) is 3.30. The molecule has 1 rings (SSSR count). The van der Waals surface area contributed by atoms with Crippen LogP contribution in [0.4, 0.5) is 0 Å². The standard InChI is InChI=1S/C6H6Cl2N4O/c7-4-1-3(2-5(13)10-9)6(8)12-11-4/h1H,2,9H2,(H,10,13). The Hall–Kier alpha value is -0.910. The van der Waals surface area contributed by atoms with E-state index in [-0.39, 0.29) is 22.6 Å². The summed E-state index contributed by atoms with van der Waals surface area (Å²) in [6.07, 6.45) is 0.0323. The van der Waals surface area contributed by atoms with Gasteiger partial charge >= 0.3 is 0 Å². The SMILES string of the molecule is NNC(=O)Cc1cc(Cl)nnc1Cl. The molecule has 0 aromatic carbocycles. The number of hydrazine groups is 1.